The number of amidine groups is 1. The zero-order chi connectivity index (χ0) is 24.2. The number of thioether (sulfide) groups is 1. The van der Waals surface area contributed by atoms with E-state index in [-0.39, 0.29) is 28.2 Å². The molecule has 3 aromatic rings. The van der Waals surface area contributed by atoms with Crippen molar-refractivity contribution in [3.63, 3.8) is 0 Å². The first-order valence-electron chi connectivity index (χ1n) is 10.2. The highest BCUT2D eigenvalue weighted by molar-refractivity contribution is 8.14. The predicted molar refractivity (Wildman–Crippen MR) is 138 cm³/mol. The Labute approximate surface area is 210 Å². The minimum atomic E-state index is -0.580. The van der Waals surface area contributed by atoms with Gasteiger partial charge < -0.3 is 5.32 Å². The molecule has 1 N–H and O–H groups in total. The summed E-state index contributed by atoms with van der Waals surface area (Å²) in [5.74, 6) is -1.40. The summed E-state index contributed by atoms with van der Waals surface area (Å²) in [7, 11) is 0. The normalized spacial score (nSPS) is 14.5. The molecule has 172 valence electrons. The van der Waals surface area contributed by atoms with Crippen LogP contribution in [0.15, 0.2) is 77.4 Å². The molecule has 1 aliphatic heterocycles. The van der Waals surface area contributed by atoms with Gasteiger partial charge in [-0.15, -0.1) is 0 Å². The van der Waals surface area contributed by atoms with Crippen LogP contribution in [0.5, 0.6) is 0 Å². The number of aryl methyl sites for hydroxylation is 1. The molecule has 4 rings (SSSR count). The van der Waals surface area contributed by atoms with Crippen LogP contribution in [0.25, 0.3) is 6.08 Å². The summed E-state index contributed by atoms with van der Waals surface area (Å²) in [4.78, 5) is 31.2. The van der Waals surface area contributed by atoms with Gasteiger partial charge in [0, 0.05) is 5.69 Å². The van der Waals surface area contributed by atoms with Gasteiger partial charge in [-0.1, -0.05) is 70.9 Å². The maximum atomic E-state index is 14.6. The lowest BCUT2D eigenvalue weighted by Crippen LogP contribution is -2.32. The highest BCUT2D eigenvalue weighted by atomic mass is 35.5. The van der Waals surface area contributed by atoms with Crippen molar-refractivity contribution in [3.8, 4) is 0 Å². The number of carbonyl (C=O) groups excluding carboxylic acids is 2. The first-order chi connectivity index (χ1) is 16.3. The number of anilines is 2. The fraction of sp³-hybridized carbons (Fsp3) is 0.0800. The van der Waals surface area contributed by atoms with Crippen LogP contribution in [-0.2, 0) is 9.59 Å². The van der Waals surface area contributed by atoms with Crippen LogP contribution in [0, 0.1) is 12.7 Å². The van der Waals surface area contributed by atoms with Gasteiger partial charge in [0.25, 0.3) is 5.91 Å². The number of para-hydroxylation sites is 1. The lowest BCUT2D eigenvalue weighted by Gasteiger charge is -2.18. The number of nitrogens with one attached hydrogen (secondary N) is 1. The molecule has 0 aromatic heterocycles. The molecule has 34 heavy (non-hydrogen) atoms. The number of carbonyl (C=O) groups is 2. The molecule has 5 nitrogen and oxygen atoms in total. The molecule has 9 heteroatoms. The predicted octanol–water partition coefficient (Wildman–Crippen LogP) is 6.56. The topological polar surface area (TPSA) is 61.8 Å². The standard InChI is InChI=1S/C25H18Cl2FN3O2S/c1-15-6-9-17(10-7-15)29-23(32)14-34-25-30-21(13-16-8-11-18(26)19(27)12-16)24(33)31(25)22-5-3-2-4-20(22)28/h2-13H,14H2,1H3,(H,29,32)/b21-13+. The third kappa shape index (κ3) is 5.50. The Bertz CT molecular complexity index is 1330. The zero-order valence-corrected chi connectivity index (χ0v) is 20.2. The molecule has 0 atom stereocenters. The van der Waals surface area contributed by atoms with Crippen molar-refractivity contribution < 1.29 is 14.0 Å². The molecule has 0 saturated carbocycles. The largest absolute Gasteiger partial charge is 0.325 e. The van der Waals surface area contributed by atoms with Gasteiger partial charge in [0.2, 0.25) is 5.91 Å². The fourth-order valence-corrected chi connectivity index (χ4v) is 4.27. The average molecular weight is 514 g/mol. The maximum Gasteiger partial charge on any atom is 0.283 e. The number of hydrogen-bond acceptors (Lipinski definition) is 4. The van der Waals surface area contributed by atoms with Crippen molar-refractivity contribution in [2.24, 2.45) is 4.99 Å². The van der Waals surface area contributed by atoms with E-state index in [9.17, 15) is 14.0 Å². The van der Waals surface area contributed by atoms with Crippen LogP contribution >= 0.6 is 35.0 Å². The molecule has 0 radical (unpaired) electrons. The number of rotatable bonds is 5. The molecule has 0 fully saturated rings. The Morgan fingerprint density at radius 3 is 2.53 bits per heavy atom. The van der Waals surface area contributed by atoms with E-state index < -0.39 is 11.7 Å². The van der Waals surface area contributed by atoms with Crippen molar-refractivity contribution in [2.45, 2.75) is 6.92 Å². The van der Waals surface area contributed by atoms with Gasteiger partial charge in [-0.2, -0.15) is 0 Å². The first-order valence-corrected chi connectivity index (χ1v) is 11.9. The summed E-state index contributed by atoms with van der Waals surface area (Å²) in [5, 5.41) is 3.71. The number of nitrogens with zero attached hydrogens (tertiary/aromatic N) is 2. The van der Waals surface area contributed by atoms with E-state index in [1.54, 1.807) is 42.5 Å². The van der Waals surface area contributed by atoms with E-state index in [1.165, 1.54) is 23.1 Å². The SMILES string of the molecule is Cc1ccc(NC(=O)CSC2=N/C(=C/c3ccc(Cl)c(Cl)c3)C(=O)N2c2ccccc2F)cc1. The molecule has 0 spiro atoms. The number of benzene rings is 3. The third-order valence-corrected chi connectivity index (χ3v) is 6.52. The van der Waals surface area contributed by atoms with Crippen LogP contribution in [0.2, 0.25) is 10.0 Å². The molecule has 0 aliphatic carbocycles. The van der Waals surface area contributed by atoms with Gasteiger partial charge in [0.1, 0.15) is 11.5 Å². The summed E-state index contributed by atoms with van der Waals surface area (Å²) in [6, 6.07) is 18.2. The molecule has 3 aromatic carbocycles. The second-order valence-corrected chi connectivity index (χ2v) is 9.15. The second kappa shape index (κ2) is 10.4. The fourth-order valence-electron chi connectivity index (χ4n) is 3.16. The van der Waals surface area contributed by atoms with E-state index in [2.05, 4.69) is 10.3 Å². The maximum absolute atomic E-state index is 14.6. The minimum Gasteiger partial charge on any atom is -0.325 e. The average Bonchev–Trinajstić information content (AvgIpc) is 3.11. The molecule has 1 heterocycles. The van der Waals surface area contributed by atoms with Gasteiger partial charge in [-0.3, -0.25) is 14.5 Å². The van der Waals surface area contributed by atoms with Crippen LogP contribution in [0.1, 0.15) is 11.1 Å². The molecule has 1 aliphatic rings. The summed E-state index contributed by atoms with van der Waals surface area (Å²) >= 11 is 13.1. The highest BCUT2D eigenvalue weighted by Gasteiger charge is 2.33. The minimum absolute atomic E-state index is 0.0228. The summed E-state index contributed by atoms with van der Waals surface area (Å²) in [6.07, 6.45) is 1.54. The molecular weight excluding hydrogens is 496 g/mol. The van der Waals surface area contributed by atoms with Crippen LogP contribution in [0.4, 0.5) is 15.8 Å². The van der Waals surface area contributed by atoms with E-state index in [0.29, 0.717) is 21.3 Å². The summed E-state index contributed by atoms with van der Waals surface area (Å²) in [5.41, 5.74) is 2.48. The van der Waals surface area contributed by atoms with Crippen molar-refractivity contribution in [2.75, 3.05) is 16.0 Å². The zero-order valence-electron chi connectivity index (χ0n) is 17.9. The van der Waals surface area contributed by atoms with Gasteiger partial charge in [-0.25, -0.2) is 9.38 Å². The Balaban J connectivity index is 1.59. The first kappa shape index (κ1) is 24.0. The Hall–Kier alpha value is -3.13. The van der Waals surface area contributed by atoms with Crippen molar-refractivity contribution >= 4 is 69.4 Å². The number of halogens is 3. The monoisotopic (exact) mass is 513 g/mol. The lowest BCUT2D eigenvalue weighted by atomic mass is 10.2. The van der Waals surface area contributed by atoms with Crippen LogP contribution in [-0.4, -0.2) is 22.7 Å². The van der Waals surface area contributed by atoms with Crippen molar-refractivity contribution in [1.82, 2.24) is 0 Å². The van der Waals surface area contributed by atoms with E-state index >= 15 is 0 Å². The lowest BCUT2D eigenvalue weighted by molar-refractivity contribution is -0.114. The molecular formula is C25H18Cl2FN3O2S. The Kier molecular flexibility index (Phi) is 7.36. The number of aliphatic imine (C=N–C) groups is 1. The van der Waals surface area contributed by atoms with Crippen molar-refractivity contribution in [3.05, 3.63) is 99.4 Å². The summed E-state index contributed by atoms with van der Waals surface area (Å²) < 4.78 is 14.6. The third-order valence-electron chi connectivity index (χ3n) is 4.84. The van der Waals surface area contributed by atoms with Crippen LogP contribution < -0.4 is 10.2 Å². The van der Waals surface area contributed by atoms with Gasteiger partial charge in [-0.05, 0) is 55.0 Å². The molecule has 0 saturated heterocycles. The number of hydrogen-bond donors (Lipinski definition) is 1. The molecule has 0 unspecified atom stereocenters. The Morgan fingerprint density at radius 1 is 1.09 bits per heavy atom. The van der Waals surface area contributed by atoms with E-state index in [1.807, 2.05) is 19.1 Å². The van der Waals surface area contributed by atoms with E-state index in [4.69, 9.17) is 23.2 Å². The van der Waals surface area contributed by atoms with Crippen LogP contribution in [0.3, 0.4) is 0 Å². The van der Waals surface area contributed by atoms with Gasteiger partial charge >= 0.3 is 0 Å². The quantitative estimate of drug-likeness (QED) is 0.393. The molecule has 2 amide bonds. The summed E-state index contributed by atoms with van der Waals surface area (Å²) in [6.45, 7) is 1.96. The smallest absolute Gasteiger partial charge is 0.283 e. The highest BCUT2D eigenvalue weighted by Crippen LogP contribution is 2.32. The molecule has 0 bridgehead atoms. The van der Waals surface area contributed by atoms with Crippen molar-refractivity contribution in [1.29, 1.82) is 0 Å². The number of amides is 2. The Morgan fingerprint density at radius 2 is 1.82 bits per heavy atom. The second-order valence-electron chi connectivity index (χ2n) is 7.39. The van der Waals surface area contributed by atoms with Gasteiger partial charge in [0.05, 0.1) is 21.5 Å². The van der Waals surface area contributed by atoms with Gasteiger partial charge in [0.15, 0.2) is 5.17 Å². The van der Waals surface area contributed by atoms with E-state index in [0.717, 1.165) is 17.3 Å².